The van der Waals surface area contributed by atoms with E-state index in [0.717, 1.165) is 11.8 Å². The van der Waals surface area contributed by atoms with Gasteiger partial charge in [0.2, 0.25) is 5.91 Å². The van der Waals surface area contributed by atoms with E-state index in [0.29, 0.717) is 14.9 Å². The zero-order valence-electron chi connectivity index (χ0n) is 16.1. The highest BCUT2D eigenvalue weighted by Crippen LogP contribution is 2.52. The van der Waals surface area contributed by atoms with Gasteiger partial charge in [-0.2, -0.15) is 0 Å². The van der Waals surface area contributed by atoms with Crippen LogP contribution in [-0.4, -0.2) is 50.0 Å². The number of thiazole rings is 1. The first-order valence-corrected chi connectivity index (χ1v) is 11.0. The first-order valence-electron chi connectivity index (χ1n) is 9.28. The third-order valence-corrected chi connectivity index (χ3v) is 7.48. The maximum absolute atomic E-state index is 12.4. The molecule has 10 heteroatoms. The molecule has 3 heterocycles. The molecule has 2 amide bonds. The Hall–Kier alpha value is -2.69. The molecule has 2 aliphatic heterocycles. The molecule has 0 aliphatic carbocycles. The van der Waals surface area contributed by atoms with Crippen molar-refractivity contribution in [1.29, 1.82) is 0 Å². The molecule has 1 aromatic carbocycles. The molecule has 8 nitrogen and oxygen atoms in total. The number of carbonyl (C=O) groups excluding carboxylic acids is 2. The number of benzene rings is 1. The quantitative estimate of drug-likeness (QED) is 0.585. The van der Waals surface area contributed by atoms with E-state index in [1.54, 1.807) is 17.5 Å². The number of carboxylic acid groups (broad SMARTS) is 1. The lowest BCUT2D eigenvalue weighted by Gasteiger charge is -2.46. The molecular weight excluding hydrogens is 426 g/mol. The number of fused-ring (bicyclic) bond motifs is 1. The molecule has 2 aromatic rings. The zero-order valence-corrected chi connectivity index (χ0v) is 17.7. The number of rotatable bonds is 6. The van der Waals surface area contributed by atoms with Crippen LogP contribution in [0.15, 0.2) is 50.7 Å². The molecule has 0 bridgehead atoms. The predicted octanol–water partition coefficient (Wildman–Crippen LogP) is 2.64. The smallest absolute Gasteiger partial charge is 0.353 e. The summed E-state index contributed by atoms with van der Waals surface area (Å²) in [6.45, 7) is 3.38. The number of hydrogen-bond donors (Lipinski definition) is 3. The molecule has 2 aliphatic rings. The zero-order chi connectivity index (χ0) is 21.6. The number of β-lactam (4-membered cyclic amide) rings is 1. The van der Waals surface area contributed by atoms with Crippen molar-refractivity contribution in [3.05, 3.63) is 52.0 Å². The molecule has 0 saturated carbocycles. The molecule has 4 rings (SSSR count). The highest BCUT2D eigenvalue weighted by atomic mass is 32.2. The Morgan fingerprint density at radius 2 is 2.00 bits per heavy atom. The average Bonchev–Trinajstić information content (AvgIpc) is 3.25. The summed E-state index contributed by atoms with van der Waals surface area (Å²) in [5.74, 6) is -2.80. The number of amides is 2. The fourth-order valence-electron chi connectivity index (χ4n) is 3.88. The van der Waals surface area contributed by atoms with Crippen LogP contribution in [0.25, 0.3) is 0 Å². The summed E-state index contributed by atoms with van der Waals surface area (Å²) < 4.78 is 0.511. The highest BCUT2D eigenvalue weighted by molar-refractivity contribution is 8.04. The fraction of sp³-hybridized carbons (Fsp3) is 0.300. The van der Waals surface area contributed by atoms with Crippen molar-refractivity contribution in [3.8, 4) is 0 Å². The summed E-state index contributed by atoms with van der Waals surface area (Å²) in [5.41, 5.74) is 0.817. The van der Waals surface area contributed by atoms with E-state index in [1.807, 2.05) is 25.1 Å². The molecule has 3 N–H and O–H groups in total. The summed E-state index contributed by atoms with van der Waals surface area (Å²) >= 11 is 2.39. The molecule has 1 fully saturated rings. The molecule has 0 spiro atoms. The number of para-hydroxylation sites is 1. The van der Waals surface area contributed by atoms with Gasteiger partial charge in [0.1, 0.15) is 11.4 Å². The molecular formula is C20H19N3O5S2. The summed E-state index contributed by atoms with van der Waals surface area (Å²) in [5, 5.41) is 24.0. The summed E-state index contributed by atoms with van der Waals surface area (Å²) in [7, 11) is 0. The molecule has 1 aromatic heterocycles. The van der Waals surface area contributed by atoms with Crippen molar-refractivity contribution in [2.45, 2.75) is 30.3 Å². The van der Waals surface area contributed by atoms with Crippen LogP contribution in [0.5, 0.6) is 0 Å². The van der Waals surface area contributed by atoms with Gasteiger partial charge in [0.15, 0.2) is 4.34 Å². The van der Waals surface area contributed by atoms with Gasteiger partial charge in [-0.3, -0.25) is 9.59 Å². The topological polar surface area (TPSA) is 120 Å². The van der Waals surface area contributed by atoms with Crippen LogP contribution in [0.3, 0.4) is 0 Å². The fourth-order valence-corrected chi connectivity index (χ4v) is 5.95. The first kappa shape index (κ1) is 20.6. The van der Waals surface area contributed by atoms with Gasteiger partial charge in [0, 0.05) is 21.9 Å². The van der Waals surface area contributed by atoms with Crippen LogP contribution >= 0.6 is 23.1 Å². The highest BCUT2D eigenvalue weighted by Gasteiger charge is 2.60. The second kappa shape index (κ2) is 7.86. The van der Waals surface area contributed by atoms with Crippen LogP contribution in [0.1, 0.15) is 24.3 Å². The monoisotopic (exact) mass is 445 g/mol. The van der Waals surface area contributed by atoms with Gasteiger partial charge in [0.05, 0.1) is 18.1 Å². The molecule has 4 atom stereocenters. The van der Waals surface area contributed by atoms with Crippen LogP contribution in [0.2, 0.25) is 0 Å². The van der Waals surface area contributed by atoms with Crippen LogP contribution in [0, 0.1) is 11.8 Å². The number of aromatic nitrogens is 1. The van der Waals surface area contributed by atoms with Gasteiger partial charge in [0.25, 0.3) is 5.91 Å². The number of carbonyl (C=O) groups is 3. The number of anilines is 1. The SMILES string of the molecule is C[C@@H](O)[C@H]1C(=O)N2C(C(=O)O)=C(Sc3nc(C(=O)Nc4ccccc4)cs3)[C@H](C)[C@H]12. The number of nitrogens with one attached hydrogen (secondary N) is 1. The van der Waals surface area contributed by atoms with Crippen molar-refractivity contribution < 1.29 is 24.6 Å². The molecule has 156 valence electrons. The summed E-state index contributed by atoms with van der Waals surface area (Å²) in [4.78, 5) is 42.8. The molecule has 1 saturated heterocycles. The van der Waals surface area contributed by atoms with E-state index in [2.05, 4.69) is 10.3 Å². The van der Waals surface area contributed by atoms with E-state index in [4.69, 9.17) is 0 Å². The Kier molecular flexibility index (Phi) is 5.39. The predicted molar refractivity (Wildman–Crippen MR) is 112 cm³/mol. The lowest BCUT2D eigenvalue weighted by Crippen LogP contribution is -2.63. The van der Waals surface area contributed by atoms with E-state index in [-0.39, 0.29) is 35.2 Å². The number of aliphatic carboxylic acids is 1. The minimum atomic E-state index is -1.19. The second-order valence-electron chi connectivity index (χ2n) is 7.19. The lowest BCUT2D eigenvalue weighted by molar-refractivity contribution is -0.163. The summed E-state index contributed by atoms with van der Waals surface area (Å²) in [6.07, 6.45) is -0.853. The Bertz CT molecular complexity index is 1050. The number of nitrogens with zero attached hydrogens (tertiary/aromatic N) is 2. The maximum atomic E-state index is 12.4. The van der Waals surface area contributed by atoms with Gasteiger partial charge in [-0.05, 0) is 19.1 Å². The third-order valence-electron chi connectivity index (χ3n) is 5.26. The Balaban J connectivity index is 1.55. The third kappa shape index (κ3) is 3.40. The summed E-state index contributed by atoms with van der Waals surface area (Å²) in [6, 6.07) is 8.62. The number of aliphatic hydroxyl groups is 1. The van der Waals surface area contributed by atoms with E-state index in [1.165, 1.54) is 23.2 Å². The Morgan fingerprint density at radius 3 is 2.63 bits per heavy atom. The van der Waals surface area contributed by atoms with Crippen molar-refractivity contribution in [3.63, 3.8) is 0 Å². The Morgan fingerprint density at radius 1 is 1.30 bits per heavy atom. The first-order chi connectivity index (χ1) is 14.3. The van der Waals surface area contributed by atoms with Gasteiger partial charge >= 0.3 is 5.97 Å². The number of carboxylic acids is 1. The van der Waals surface area contributed by atoms with Gasteiger partial charge < -0.3 is 20.4 Å². The Labute approximate surface area is 180 Å². The number of hydrogen-bond acceptors (Lipinski definition) is 7. The van der Waals surface area contributed by atoms with E-state index < -0.39 is 18.0 Å². The number of aliphatic hydroxyl groups excluding tert-OH is 1. The van der Waals surface area contributed by atoms with Crippen molar-refractivity contribution in [2.24, 2.45) is 11.8 Å². The molecule has 30 heavy (non-hydrogen) atoms. The number of thioether (sulfide) groups is 1. The van der Waals surface area contributed by atoms with Crippen LogP contribution in [0.4, 0.5) is 5.69 Å². The largest absolute Gasteiger partial charge is 0.477 e. The lowest BCUT2D eigenvalue weighted by atomic mass is 9.79. The van der Waals surface area contributed by atoms with Gasteiger partial charge in [-0.15, -0.1) is 11.3 Å². The van der Waals surface area contributed by atoms with Gasteiger partial charge in [-0.25, -0.2) is 9.78 Å². The van der Waals surface area contributed by atoms with Crippen molar-refractivity contribution >= 4 is 46.6 Å². The van der Waals surface area contributed by atoms with E-state index >= 15 is 0 Å². The van der Waals surface area contributed by atoms with Crippen molar-refractivity contribution in [2.75, 3.05) is 5.32 Å². The minimum Gasteiger partial charge on any atom is -0.477 e. The molecule has 0 radical (unpaired) electrons. The normalized spacial score (nSPS) is 23.8. The van der Waals surface area contributed by atoms with E-state index in [9.17, 15) is 24.6 Å². The van der Waals surface area contributed by atoms with Crippen molar-refractivity contribution in [1.82, 2.24) is 9.88 Å². The average molecular weight is 446 g/mol. The minimum absolute atomic E-state index is 0.0649. The second-order valence-corrected chi connectivity index (χ2v) is 9.34. The van der Waals surface area contributed by atoms with Crippen LogP contribution in [-0.2, 0) is 9.59 Å². The van der Waals surface area contributed by atoms with Crippen LogP contribution < -0.4 is 5.32 Å². The molecule has 0 unspecified atom stereocenters. The maximum Gasteiger partial charge on any atom is 0.353 e. The standard InChI is InChI=1S/C20H19N3O5S2/c1-9-14-13(10(2)24)18(26)23(14)15(19(27)28)16(9)30-20-22-12(8-29-20)17(25)21-11-6-4-3-5-7-11/h3-10,13-14,24H,1-2H3,(H,21,25)(H,27,28)/t9-,10-,13-,14-/m1/s1. The van der Waals surface area contributed by atoms with Gasteiger partial charge in [-0.1, -0.05) is 36.9 Å².